The molecule has 0 spiro atoms. The molecule has 0 radical (unpaired) electrons. The minimum atomic E-state index is -1.36. The summed E-state index contributed by atoms with van der Waals surface area (Å²) in [5.74, 6) is 0.700. The van der Waals surface area contributed by atoms with E-state index in [1.54, 1.807) is 7.11 Å². The second kappa shape index (κ2) is 7.44. The Labute approximate surface area is 176 Å². The molecule has 2 nitrogen and oxygen atoms in total. The Balaban J connectivity index is 2.22. The zero-order chi connectivity index (χ0) is 19.1. The van der Waals surface area contributed by atoms with Crippen LogP contribution in [0.1, 0.15) is 0 Å². The van der Waals surface area contributed by atoms with Crippen LogP contribution in [-0.2, 0) is 9.23 Å². The summed E-state index contributed by atoms with van der Waals surface area (Å²) >= 11 is 15.6. The minimum Gasteiger partial charge on any atom is -0.496 e. The zero-order valence-corrected chi connectivity index (χ0v) is 18.0. The molecule has 0 fully saturated rings. The molecule has 0 N–H and O–H groups in total. The first-order chi connectivity index (χ1) is 13.0. The van der Waals surface area contributed by atoms with Crippen LogP contribution in [0.15, 0.2) is 65.6 Å². The first-order valence-electron chi connectivity index (χ1n) is 8.06. The quantitative estimate of drug-likeness (QED) is 0.286. The van der Waals surface area contributed by atoms with Crippen molar-refractivity contribution < 1.29 is 8.95 Å². The van der Waals surface area contributed by atoms with Crippen molar-refractivity contribution in [2.75, 3.05) is 7.11 Å². The highest BCUT2D eigenvalue weighted by Crippen LogP contribution is 2.44. The first kappa shape index (κ1) is 18.8. The molecule has 0 amide bonds. The molecule has 0 aliphatic carbocycles. The highest BCUT2D eigenvalue weighted by atomic mass is 79.9. The Hall–Kier alpha value is -1.59. The van der Waals surface area contributed by atoms with Crippen molar-refractivity contribution >= 4 is 68.8 Å². The van der Waals surface area contributed by atoms with Crippen molar-refractivity contribution in [3.05, 3.63) is 70.7 Å². The second-order valence-corrected chi connectivity index (χ2v) is 9.56. The van der Waals surface area contributed by atoms with E-state index in [4.69, 9.17) is 27.9 Å². The van der Waals surface area contributed by atoms with Crippen molar-refractivity contribution in [3.63, 3.8) is 0 Å². The molecule has 4 aromatic carbocycles. The van der Waals surface area contributed by atoms with E-state index >= 15 is 0 Å². The molecule has 1 atom stereocenters. The summed E-state index contributed by atoms with van der Waals surface area (Å²) in [6.07, 6.45) is 0. The fourth-order valence-corrected chi connectivity index (χ4v) is 5.10. The molecule has 0 saturated heterocycles. The van der Waals surface area contributed by atoms with E-state index in [1.807, 2.05) is 60.7 Å². The number of rotatable bonds is 3. The SMILES string of the molecule is COc1ccc2cc(Cl)ccc2c1-c1c(S(=O)Br)ccc2cc(Cl)ccc12. The molecular weight excluding hydrogens is 467 g/mol. The number of ether oxygens (including phenoxy) is 1. The van der Waals surface area contributed by atoms with Crippen LogP contribution in [0.3, 0.4) is 0 Å². The van der Waals surface area contributed by atoms with Gasteiger partial charge in [-0.2, -0.15) is 0 Å². The van der Waals surface area contributed by atoms with Crippen molar-refractivity contribution in [1.29, 1.82) is 0 Å². The average Bonchev–Trinajstić information content (AvgIpc) is 2.65. The third-order valence-corrected chi connectivity index (χ3v) is 6.73. The van der Waals surface area contributed by atoms with Crippen LogP contribution in [0, 0.1) is 0 Å². The Morgan fingerprint density at radius 1 is 0.815 bits per heavy atom. The molecule has 4 rings (SSSR count). The minimum absolute atomic E-state index is 0.651. The molecule has 0 heterocycles. The fraction of sp³-hybridized carbons (Fsp3) is 0.0476. The lowest BCUT2D eigenvalue weighted by molar-refractivity contribution is 0.417. The number of hydrogen-bond donors (Lipinski definition) is 0. The van der Waals surface area contributed by atoms with Gasteiger partial charge < -0.3 is 4.74 Å². The van der Waals surface area contributed by atoms with Crippen LogP contribution in [-0.4, -0.2) is 11.3 Å². The second-order valence-electron chi connectivity index (χ2n) is 6.04. The van der Waals surface area contributed by atoms with Gasteiger partial charge in [-0.05, 0) is 57.9 Å². The van der Waals surface area contributed by atoms with Crippen LogP contribution in [0.25, 0.3) is 32.7 Å². The maximum Gasteiger partial charge on any atom is 0.127 e. The van der Waals surface area contributed by atoms with Gasteiger partial charge >= 0.3 is 0 Å². The third-order valence-electron chi connectivity index (χ3n) is 4.53. The molecule has 1 unspecified atom stereocenters. The topological polar surface area (TPSA) is 26.3 Å². The maximum atomic E-state index is 12.5. The summed E-state index contributed by atoms with van der Waals surface area (Å²) in [5.41, 5.74) is 1.73. The molecule has 27 heavy (non-hydrogen) atoms. The summed E-state index contributed by atoms with van der Waals surface area (Å²) in [4.78, 5) is 0.672. The first-order valence-corrected chi connectivity index (χ1v) is 11.8. The highest BCUT2D eigenvalue weighted by molar-refractivity contribution is 9.46. The number of hydrogen-bond acceptors (Lipinski definition) is 2. The van der Waals surface area contributed by atoms with Crippen LogP contribution in [0.4, 0.5) is 0 Å². The number of fused-ring (bicyclic) bond motifs is 2. The monoisotopic (exact) mass is 478 g/mol. The van der Waals surface area contributed by atoms with E-state index in [0.717, 1.165) is 32.7 Å². The van der Waals surface area contributed by atoms with Gasteiger partial charge in [0.2, 0.25) is 0 Å². The third kappa shape index (κ3) is 3.36. The summed E-state index contributed by atoms with van der Waals surface area (Å²) < 4.78 is 18.2. The predicted molar refractivity (Wildman–Crippen MR) is 119 cm³/mol. The largest absolute Gasteiger partial charge is 0.496 e. The number of benzene rings is 4. The van der Waals surface area contributed by atoms with Gasteiger partial charge in [-0.25, -0.2) is 4.21 Å². The molecule has 136 valence electrons. The van der Waals surface area contributed by atoms with Crippen LogP contribution in [0.2, 0.25) is 10.0 Å². The number of halogens is 3. The Kier molecular flexibility index (Phi) is 5.17. The van der Waals surface area contributed by atoms with Crippen molar-refractivity contribution in [2.45, 2.75) is 4.90 Å². The standard InChI is InChI=1S/C21H13BrCl2O2S/c1-26-18-8-2-12-10-14(23)4-6-16(12)20(18)21-17-7-5-15(24)11-13(17)3-9-19(21)27(22)25/h2-11H,1H3. The van der Waals surface area contributed by atoms with Crippen molar-refractivity contribution in [3.8, 4) is 16.9 Å². The zero-order valence-electron chi connectivity index (χ0n) is 14.1. The molecule has 0 aliphatic heterocycles. The fourth-order valence-electron chi connectivity index (χ4n) is 3.38. The Bertz CT molecular complexity index is 1220. The molecule has 0 bridgehead atoms. The Morgan fingerprint density at radius 2 is 1.37 bits per heavy atom. The maximum absolute atomic E-state index is 12.5. The highest BCUT2D eigenvalue weighted by Gasteiger charge is 2.20. The lowest BCUT2D eigenvalue weighted by atomic mass is 9.93. The summed E-state index contributed by atoms with van der Waals surface area (Å²) in [5, 5.41) is 5.18. The van der Waals surface area contributed by atoms with Crippen molar-refractivity contribution in [1.82, 2.24) is 0 Å². The van der Waals surface area contributed by atoms with Crippen LogP contribution in [0.5, 0.6) is 5.75 Å². The lowest BCUT2D eigenvalue weighted by Crippen LogP contribution is -1.95. The van der Waals surface area contributed by atoms with Gasteiger partial charge in [-0.15, -0.1) is 0 Å². The Morgan fingerprint density at radius 3 is 1.93 bits per heavy atom. The summed E-state index contributed by atoms with van der Waals surface area (Å²) in [6.45, 7) is 0. The smallest absolute Gasteiger partial charge is 0.127 e. The van der Waals surface area contributed by atoms with Crippen LogP contribution >= 0.6 is 38.0 Å². The van der Waals surface area contributed by atoms with Gasteiger partial charge in [0.05, 0.1) is 12.0 Å². The van der Waals surface area contributed by atoms with Gasteiger partial charge in [0, 0.05) is 36.0 Å². The van der Waals surface area contributed by atoms with E-state index in [-0.39, 0.29) is 0 Å². The number of methoxy groups -OCH3 is 1. The van der Waals surface area contributed by atoms with Crippen LogP contribution < -0.4 is 4.74 Å². The lowest BCUT2D eigenvalue weighted by Gasteiger charge is -2.17. The van der Waals surface area contributed by atoms with E-state index in [0.29, 0.717) is 20.7 Å². The molecule has 0 aliphatic rings. The van der Waals surface area contributed by atoms with E-state index in [2.05, 4.69) is 14.8 Å². The van der Waals surface area contributed by atoms with E-state index < -0.39 is 9.23 Å². The summed E-state index contributed by atoms with van der Waals surface area (Å²) in [6, 6.07) is 19.1. The van der Waals surface area contributed by atoms with Gasteiger partial charge in [0.15, 0.2) is 0 Å². The van der Waals surface area contributed by atoms with Gasteiger partial charge in [0.25, 0.3) is 0 Å². The van der Waals surface area contributed by atoms with Gasteiger partial charge in [0.1, 0.15) is 15.0 Å². The molecule has 0 aromatic heterocycles. The normalized spacial score (nSPS) is 12.4. The molecule has 4 aromatic rings. The average molecular weight is 480 g/mol. The van der Waals surface area contributed by atoms with E-state index in [9.17, 15) is 4.21 Å². The van der Waals surface area contributed by atoms with Gasteiger partial charge in [-0.1, -0.05) is 47.5 Å². The molecule has 6 heteroatoms. The summed E-state index contributed by atoms with van der Waals surface area (Å²) in [7, 11) is 0.270. The molecular formula is C21H13BrCl2O2S. The van der Waals surface area contributed by atoms with Crippen molar-refractivity contribution in [2.24, 2.45) is 0 Å². The van der Waals surface area contributed by atoms with Gasteiger partial charge in [-0.3, -0.25) is 0 Å². The predicted octanol–water partition coefficient (Wildman–Crippen LogP) is 7.39. The van der Waals surface area contributed by atoms with E-state index in [1.165, 1.54) is 0 Å². The molecule has 0 saturated carbocycles.